The van der Waals surface area contributed by atoms with Gasteiger partial charge in [-0.2, -0.15) is 0 Å². The Morgan fingerprint density at radius 2 is 1.49 bits per heavy atom. The largest absolute Gasteiger partial charge is 0.743 e. The van der Waals surface area contributed by atoms with Crippen molar-refractivity contribution >= 4 is 33.0 Å². The summed E-state index contributed by atoms with van der Waals surface area (Å²) >= 11 is 0. The van der Waals surface area contributed by atoms with Crippen LogP contribution in [0.3, 0.4) is 0 Å². The summed E-state index contributed by atoms with van der Waals surface area (Å²) in [6.07, 6.45) is 4.75. The molecule has 41 heavy (non-hydrogen) atoms. The van der Waals surface area contributed by atoms with E-state index in [9.17, 15) is 13.0 Å². The highest BCUT2D eigenvalue weighted by Crippen LogP contribution is 2.42. The molecule has 1 aliphatic heterocycles. The van der Waals surface area contributed by atoms with Crippen molar-refractivity contribution in [1.82, 2.24) is 0 Å². The van der Waals surface area contributed by atoms with Crippen LogP contribution in [0.15, 0.2) is 107 Å². The number of unbranched alkanes of at least 4 members (excludes halogenated alkanes) is 2. The highest BCUT2D eigenvalue weighted by Gasteiger charge is 2.31. The summed E-state index contributed by atoms with van der Waals surface area (Å²) < 4.78 is 49.8. The standard InChI is InChI=1S/C33H30N2O5S/c1-2-3-10-19-34-28-20-26(24-11-6-4-7-12-24)15-17-30(28)39-32(34)22-33-35(23-41(36,37)38)29-21-27(16-18-31(29)40-33)25-13-8-5-9-14-25/h4-9,11-18,20-22H,2-3,10,19,23H2,1H3. The Morgan fingerprint density at radius 3 is 2.15 bits per heavy atom. The lowest BCUT2D eigenvalue weighted by Gasteiger charge is -2.18. The van der Waals surface area contributed by atoms with Crippen LogP contribution in [-0.2, 0) is 16.0 Å². The average molecular weight is 567 g/mol. The quantitative estimate of drug-likeness (QED) is 0.109. The van der Waals surface area contributed by atoms with Gasteiger partial charge in [0.25, 0.3) is 5.52 Å². The van der Waals surface area contributed by atoms with Gasteiger partial charge >= 0.3 is 5.89 Å². The van der Waals surface area contributed by atoms with E-state index in [0.717, 1.165) is 47.2 Å². The van der Waals surface area contributed by atoms with E-state index in [1.54, 1.807) is 12.1 Å². The lowest BCUT2D eigenvalue weighted by molar-refractivity contribution is -0.658. The molecule has 208 valence electrons. The summed E-state index contributed by atoms with van der Waals surface area (Å²) in [7, 11) is -4.62. The molecule has 8 heteroatoms. The first-order valence-corrected chi connectivity index (χ1v) is 15.3. The molecule has 0 saturated heterocycles. The fourth-order valence-electron chi connectivity index (χ4n) is 5.18. The number of benzene rings is 4. The van der Waals surface area contributed by atoms with E-state index in [1.165, 1.54) is 4.57 Å². The van der Waals surface area contributed by atoms with E-state index in [2.05, 4.69) is 30.0 Å². The smallest absolute Gasteiger partial charge is 0.380 e. The molecule has 1 aliphatic rings. The van der Waals surface area contributed by atoms with Crippen molar-refractivity contribution in [2.24, 2.45) is 0 Å². The molecule has 0 aliphatic carbocycles. The minimum Gasteiger partial charge on any atom is -0.743 e. The number of oxazole rings is 1. The fraction of sp³-hybridized carbons (Fsp3) is 0.182. The maximum Gasteiger partial charge on any atom is 0.380 e. The van der Waals surface area contributed by atoms with Gasteiger partial charge in [0.2, 0.25) is 17.3 Å². The molecule has 0 radical (unpaired) electrons. The monoisotopic (exact) mass is 566 g/mol. The lowest BCUT2D eigenvalue weighted by Crippen LogP contribution is -2.39. The molecule has 0 spiro atoms. The number of hydrogen-bond donors (Lipinski definition) is 0. The Hall–Kier alpha value is -4.40. The number of ether oxygens (including phenoxy) is 1. The van der Waals surface area contributed by atoms with E-state index in [1.807, 2.05) is 72.8 Å². The Labute approximate surface area is 239 Å². The zero-order valence-electron chi connectivity index (χ0n) is 22.7. The van der Waals surface area contributed by atoms with Gasteiger partial charge in [0, 0.05) is 12.6 Å². The summed E-state index contributed by atoms with van der Waals surface area (Å²) in [5.74, 6) is 0.674. The third-order valence-corrected chi connectivity index (χ3v) is 7.77. The first-order chi connectivity index (χ1) is 19.9. The number of rotatable bonds is 9. The van der Waals surface area contributed by atoms with E-state index >= 15 is 0 Å². The maximum atomic E-state index is 12.0. The topological polar surface area (TPSA) is 86.7 Å². The highest BCUT2D eigenvalue weighted by atomic mass is 32.2. The van der Waals surface area contributed by atoms with Crippen molar-refractivity contribution in [1.29, 1.82) is 0 Å². The molecule has 0 bridgehead atoms. The highest BCUT2D eigenvalue weighted by molar-refractivity contribution is 7.84. The molecule has 1 aromatic heterocycles. The first-order valence-electron chi connectivity index (χ1n) is 13.7. The fourth-order valence-corrected chi connectivity index (χ4v) is 5.77. The molecular formula is C33H30N2O5S. The minimum absolute atomic E-state index is 0.219. The number of aromatic nitrogens is 1. The normalized spacial score (nSPS) is 14.0. The number of anilines is 1. The van der Waals surface area contributed by atoms with Crippen LogP contribution in [0.4, 0.5) is 5.69 Å². The van der Waals surface area contributed by atoms with E-state index in [0.29, 0.717) is 29.3 Å². The van der Waals surface area contributed by atoms with Gasteiger partial charge in [0.1, 0.15) is 6.08 Å². The molecule has 0 fully saturated rings. The van der Waals surface area contributed by atoms with Crippen LogP contribution < -0.4 is 14.2 Å². The first kappa shape index (κ1) is 26.8. The van der Waals surface area contributed by atoms with Gasteiger partial charge < -0.3 is 18.6 Å². The van der Waals surface area contributed by atoms with Gasteiger partial charge in [-0.3, -0.25) is 0 Å². The predicted molar refractivity (Wildman–Crippen MR) is 159 cm³/mol. The van der Waals surface area contributed by atoms with E-state index < -0.39 is 16.0 Å². The summed E-state index contributed by atoms with van der Waals surface area (Å²) in [5, 5.41) is 0. The molecule has 0 amide bonds. The zero-order chi connectivity index (χ0) is 28.4. The van der Waals surface area contributed by atoms with E-state index in [-0.39, 0.29) is 5.89 Å². The van der Waals surface area contributed by atoms with Crippen molar-refractivity contribution in [3.8, 4) is 28.0 Å². The van der Waals surface area contributed by atoms with Crippen molar-refractivity contribution in [2.45, 2.75) is 32.1 Å². The number of fused-ring (bicyclic) bond motifs is 2. The van der Waals surface area contributed by atoms with Gasteiger partial charge in [-0.15, -0.1) is 4.57 Å². The summed E-state index contributed by atoms with van der Waals surface area (Å²) in [4.78, 5) is 2.09. The van der Waals surface area contributed by atoms with Crippen LogP contribution in [0.5, 0.6) is 5.75 Å². The summed E-state index contributed by atoms with van der Waals surface area (Å²) in [6, 6.07) is 31.5. The molecule has 6 rings (SSSR count). The summed E-state index contributed by atoms with van der Waals surface area (Å²) in [5.41, 5.74) is 5.94. The minimum atomic E-state index is -4.62. The van der Waals surface area contributed by atoms with Crippen molar-refractivity contribution < 1.29 is 26.7 Å². The van der Waals surface area contributed by atoms with Crippen molar-refractivity contribution in [3.63, 3.8) is 0 Å². The lowest BCUT2D eigenvalue weighted by atomic mass is 10.0. The molecule has 5 aromatic rings. The average Bonchev–Trinajstić information content (AvgIpc) is 3.49. The molecule has 0 unspecified atom stereocenters. The maximum absolute atomic E-state index is 12.0. The van der Waals surface area contributed by atoms with Gasteiger partial charge in [-0.25, -0.2) is 8.42 Å². The SMILES string of the molecule is CCCCCN1C(=Cc2oc3ccc(-c4ccccc4)cc3[n+]2CS(=O)(=O)[O-])Oc2ccc(-c3ccccc3)cc21. The molecule has 0 atom stereocenters. The second-order valence-corrected chi connectivity index (χ2v) is 11.5. The molecule has 0 saturated carbocycles. The molecule has 0 N–H and O–H groups in total. The number of nitrogens with zero attached hydrogens (tertiary/aromatic N) is 2. The molecule has 4 aromatic carbocycles. The van der Waals surface area contributed by atoms with Gasteiger partial charge in [-0.05, 0) is 46.9 Å². The Kier molecular flexibility index (Phi) is 7.34. The van der Waals surface area contributed by atoms with Crippen LogP contribution in [-0.4, -0.2) is 19.5 Å². The van der Waals surface area contributed by atoms with E-state index in [4.69, 9.17) is 9.15 Å². The second kappa shape index (κ2) is 11.2. The zero-order valence-corrected chi connectivity index (χ0v) is 23.5. The van der Waals surface area contributed by atoms with Crippen LogP contribution >= 0.6 is 0 Å². The Bertz CT molecular complexity index is 1830. The third kappa shape index (κ3) is 5.75. The van der Waals surface area contributed by atoms with Crippen molar-refractivity contribution in [2.75, 3.05) is 11.4 Å². The van der Waals surface area contributed by atoms with Gasteiger partial charge in [0.15, 0.2) is 15.9 Å². The predicted octanol–water partition coefficient (Wildman–Crippen LogP) is 6.94. The van der Waals surface area contributed by atoms with Crippen LogP contribution in [0.25, 0.3) is 39.4 Å². The Morgan fingerprint density at radius 1 is 0.829 bits per heavy atom. The molecular weight excluding hydrogens is 536 g/mol. The number of hydrogen-bond acceptors (Lipinski definition) is 6. The van der Waals surface area contributed by atoms with Crippen LogP contribution in [0.2, 0.25) is 0 Å². The summed E-state index contributed by atoms with van der Waals surface area (Å²) in [6.45, 7) is 2.87. The van der Waals surface area contributed by atoms with Gasteiger partial charge in [0.05, 0.1) is 5.69 Å². The second-order valence-electron chi connectivity index (χ2n) is 10.1. The van der Waals surface area contributed by atoms with Crippen molar-refractivity contribution in [3.05, 3.63) is 109 Å². The van der Waals surface area contributed by atoms with Gasteiger partial charge in [-0.1, -0.05) is 92.6 Å². The third-order valence-electron chi connectivity index (χ3n) is 7.19. The Balaban J connectivity index is 1.45. The van der Waals surface area contributed by atoms with Crippen LogP contribution in [0, 0.1) is 0 Å². The molecule has 7 nitrogen and oxygen atoms in total. The van der Waals surface area contributed by atoms with Crippen LogP contribution in [0.1, 0.15) is 32.1 Å². The molecule has 2 heterocycles.